The number of halogens is 4. The van der Waals surface area contributed by atoms with Gasteiger partial charge in [-0.05, 0) is 9.91 Å². The molecule has 0 fully saturated rings. The zero-order chi connectivity index (χ0) is 15.0. The summed E-state index contributed by atoms with van der Waals surface area (Å²) in [5.41, 5.74) is 4.13. The second kappa shape index (κ2) is 4.70. The summed E-state index contributed by atoms with van der Waals surface area (Å²) in [6, 6.07) is 0.409. The molecule has 0 spiro atoms. The first-order valence-corrected chi connectivity index (χ1v) is 6.38. The molecule has 0 bridgehead atoms. The van der Waals surface area contributed by atoms with Crippen molar-refractivity contribution in [1.29, 1.82) is 0 Å². The SMILES string of the molecule is Nc1cc([N+](=O)[O-])nc(S(=O)(=O)Cl)c1OC(F)(F)F. The van der Waals surface area contributed by atoms with E-state index < -0.39 is 42.6 Å². The zero-order valence-electron chi connectivity index (χ0n) is 8.51. The molecule has 1 rings (SSSR count). The third kappa shape index (κ3) is 3.82. The minimum Gasteiger partial charge on any atom is -0.398 e. The minimum atomic E-state index is -5.28. The van der Waals surface area contributed by atoms with Crippen LogP contribution < -0.4 is 10.5 Å². The fourth-order valence-electron chi connectivity index (χ4n) is 0.992. The smallest absolute Gasteiger partial charge is 0.398 e. The summed E-state index contributed by atoms with van der Waals surface area (Å²) < 4.78 is 61.7. The van der Waals surface area contributed by atoms with Crippen LogP contribution in [0.25, 0.3) is 0 Å². The van der Waals surface area contributed by atoms with E-state index in [0.717, 1.165) is 0 Å². The molecular formula is C6H3ClF3N3O5S. The van der Waals surface area contributed by atoms with Gasteiger partial charge in [0.2, 0.25) is 5.75 Å². The number of hydrogen-bond acceptors (Lipinski definition) is 7. The van der Waals surface area contributed by atoms with Gasteiger partial charge in [-0.1, -0.05) is 0 Å². The number of rotatable bonds is 3. The maximum atomic E-state index is 12.1. The van der Waals surface area contributed by atoms with Gasteiger partial charge in [-0.25, -0.2) is 8.42 Å². The molecule has 0 saturated carbocycles. The highest BCUT2D eigenvalue weighted by atomic mass is 35.7. The Labute approximate surface area is 107 Å². The normalized spacial score (nSPS) is 12.2. The molecule has 0 saturated heterocycles. The van der Waals surface area contributed by atoms with E-state index in [-0.39, 0.29) is 0 Å². The predicted octanol–water partition coefficient (Wildman–Crippen LogP) is 1.40. The number of hydrogen-bond donors (Lipinski definition) is 1. The molecule has 1 aromatic rings. The highest BCUT2D eigenvalue weighted by Gasteiger charge is 2.39. The van der Waals surface area contributed by atoms with Crippen molar-refractivity contribution in [1.82, 2.24) is 4.98 Å². The number of ether oxygens (including phenoxy) is 1. The lowest BCUT2D eigenvalue weighted by atomic mass is 10.4. The predicted molar refractivity (Wildman–Crippen MR) is 55.0 cm³/mol. The first kappa shape index (κ1) is 15.2. The highest BCUT2D eigenvalue weighted by Crippen LogP contribution is 2.37. The van der Waals surface area contributed by atoms with Gasteiger partial charge in [0.05, 0.1) is 11.8 Å². The second-order valence-electron chi connectivity index (χ2n) is 2.95. The minimum absolute atomic E-state index is 0.409. The van der Waals surface area contributed by atoms with Crippen LogP contribution in [0.15, 0.2) is 11.1 Å². The summed E-state index contributed by atoms with van der Waals surface area (Å²) in [5, 5.41) is 8.93. The van der Waals surface area contributed by atoms with Crippen molar-refractivity contribution in [3.8, 4) is 5.75 Å². The number of pyridine rings is 1. The van der Waals surface area contributed by atoms with Crippen LogP contribution in [0, 0.1) is 10.1 Å². The number of alkyl halides is 3. The average molecular weight is 322 g/mol. The summed E-state index contributed by atoms with van der Waals surface area (Å²) in [4.78, 5) is 12.1. The Morgan fingerprint density at radius 2 is 2.00 bits per heavy atom. The van der Waals surface area contributed by atoms with Crippen LogP contribution >= 0.6 is 10.7 Å². The van der Waals surface area contributed by atoms with E-state index in [0.29, 0.717) is 6.07 Å². The molecule has 0 amide bonds. The van der Waals surface area contributed by atoms with Gasteiger partial charge in [-0.3, -0.25) is 0 Å². The Morgan fingerprint density at radius 1 is 1.47 bits per heavy atom. The van der Waals surface area contributed by atoms with E-state index in [2.05, 4.69) is 9.72 Å². The highest BCUT2D eigenvalue weighted by molar-refractivity contribution is 8.13. The third-order valence-electron chi connectivity index (χ3n) is 1.59. The lowest BCUT2D eigenvalue weighted by Crippen LogP contribution is -2.20. The Bertz CT molecular complexity index is 632. The molecule has 106 valence electrons. The van der Waals surface area contributed by atoms with E-state index in [1.165, 1.54) is 0 Å². The first-order valence-electron chi connectivity index (χ1n) is 4.07. The Morgan fingerprint density at radius 3 is 2.37 bits per heavy atom. The van der Waals surface area contributed by atoms with Gasteiger partial charge < -0.3 is 20.6 Å². The standard InChI is InChI=1S/C6H3ClF3N3O5S/c7-19(16,17)5-4(18-6(8,9)10)2(11)1-3(12-5)13(14)15/h1H,(H2,11,12). The van der Waals surface area contributed by atoms with E-state index in [1.54, 1.807) is 0 Å². The van der Waals surface area contributed by atoms with Gasteiger partial charge in [0.1, 0.15) is 0 Å². The Hall–Kier alpha value is -1.82. The lowest BCUT2D eigenvalue weighted by molar-refractivity contribution is -0.390. The van der Waals surface area contributed by atoms with Crippen LogP contribution in [0.2, 0.25) is 0 Å². The molecule has 0 aliphatic rings. The molecule has 0 atom stereocenters. The largest absolute Gasteiger partial charge is 0.573 e. The van der Waals surface area contributed by atoms with E-state index >= 15 is 0 Å². The van der Waals surface area contributed by atoms with Gasteiger partial charge in [-0.2, -0.15) is 0 Å². The average Bonchev–Trinajstić information content (AvgIpc) is 2.16. The molecule has 0 unspecified atom stereocenters. The van der Waals surface area contributed by atoms with Crippen LogP contribution in [0.5, 0.6) is 5.75 Å². The monoisotopic (exact) mass is 321 g/mol. The summed E-state index contributed by atoms with van der Waals surface area (Å²) in [6.45, 7) is 0. The number of nitrogens with zero attached hydrogens (tertiary/aromatic N) is 2. The van der Waals surface area contributed by atoms with Gasteiger partial charge in [0, 0.05) is 10.7 Å². The van der Waals surface area contributed by atoms with Crippen molar-refractivity contribution in [2.45, 2.75) is 11.4 Å². The van der Waals surface area contributed by atoms with E-state index in [1.807, 2.05) is 0 Å². The topological polar surface area (TPSA) is 125 Å². The van der Waals surface area contributed by atoms with Gasteiger partial charge >= 0.3 is 26.3 Å². The first-order chi connectivity index (χ1) is 8.42. The summed E-state index contributed by atoms with van der Waals surface area (Å²) in [7, 11) is -0.00730. The molecule has 13 heteroatoms. The lowest BCUT2D eigenvalue weighted by Gasteiger charge is -2.11. The number of nitrogen functional groups attached to an aromatic ring is 1. The number of anilines is 1. The fraction of sp³-hybridized carbons (Fsp3) is 0.167. The fourth-order valence-corrected chi connectivity index (χ4v) is 1.89. The second-order valence-corrected chi connectivity index (χ2v) is 5.43. The molecule has 0 aromatic carbocycles. The third-order valence-corrected chi connectivity index (χ3v) is 2.77. The molecule has 8 nitrogen and oxygen atoms in total. The summed E-state index contributed by atoms with van der Waals surface area (Å²) in [5.74, 6) is -2.51. The van der Waals surface area contributed by atoms with Crippen molar-refractivity contribution in [3.63, 3.8) is 0 Å². The van der Waals surface area contributed by atoms with Crippen molar-refractivity contribution in [2.24, 2.45) is 0 Å². The van der Waals surface area contributed by atoms with Crippen molar-refractivity contribution in [3.05, 3.63) is 16.2 Å². The molecular weight excluding hydrogens is 319 g/mol. The zero-order valence-corrected chi connectivity index (χ0v) is 10.1. The molecule has 0 aliphatic heterocycles. The van der Waals surface area contributed by atoms with Crippen molar-refractivity contribution < 1.29 is 31.2 Å². The van der Waals surface area contributed by atoms with Crippen molar-refractivity contribution >= 4 is 31.2 Å². The maximum Gasteiger partial charge on any atom is 0.573 e. The van der Waals surface area contributed by atoms with Crippen LogP contribution in [-0.2, 0) is 9.05 Å². The van der Waals surface area contributed by atoms with E-state index in [4.69, 9.17) is 16.4 Å². The van der Waals surface area contributed by atoms with Crippen LogP contribution in [0.4, 0.5) is 24.7 Å². The number of nitro groups is 1. The van der Waals surface area contributed by atoms with E-state index in [9.17, 15) is 31.7 Å². The van der Waals surface area contributed by atoms with Crippen molar-refractivity contribution in [2.75, 3.05) is 5.73 Å². The molecule has 0 radical (unpaired) electrons. The van der Waals surface area contributed by atoms with Crippen LogP contribution in [-0.4, -0.2) is 24.7 Å². The van der Waals surface area contributed by atoms with Gasteiger partial charge in [0.15, 0.2) is 0 Å². The molecule has 19 heavy (non-hydrogen) atoms. The number of aromatic nitrogens is 1. The summed E-state index contributed by atoms with van der Waals surface area (Å²) >= 11 is 0. The van der Waals surface area contributed by atoms with Crippen LogP contribution in [0.3, 0.4) is 0 Å². The number of nitrogens with two attached hydrogens (primary N) is 1. The van der Waals surface area contributed by atoms with Gasteiger partial charge in [0.25, 0.3) is 0 Å². The maximum absolute atomic E-state index is 12.1. The Balaban J connectivity index is 3.58. The molecule has 0 aliphatic carbocycles. The molecule has 2 N–H and O–H groups in total. The molecule has 1 heterocycles. The molecule has 1 aromatic heterocycles. The van der Waals surface area contributed by atoms with Crippen LogP contribution in [0.1, 0.15) is 0 Å². The van der Waals surface area contributed by atoms with Gasteiger partial charge in [-0.15, -0.1) is 13.2 Å². The quantitative estimate of drug-likeness (QED) is 0.506. The Kier molecular flexibility index (Phi) is 3.77. The summed E-state index contributed by atoms with van der Waals surface area (Å²) in [6.07, 6.45) is -5.28.